The van der Waals surface area contributed by atoms with E-state index in [1.807, 2.05) is 12.1 Å². The maximum atomic E-state index is 5.21. The lowest BCUT2D eigenvalue weighted by Crippen LogP contribution is -2.33. The summed E-state index contributed by atoms with van der Waals surface area (Å²) in [4.78, 5) is 0. The van der Waals surface area contributed by atoms with E-state index >= 15 is 0 Å². The Morgan fingerprint density at radius 3 is 1.95 bits per heavy atom. The monoisotopic (exact) mass is 347 g/mol. The summed E-state index contributed by atoms with van der Waals surface area (Å²) < 4.78 is 6.33. The Hall–Kier alpha value is -1.32. The first-order chi connectivity index (χ1) is 10.2. The second-order valence-corrected chi connectivity index (χ2v) is 6.05. The number of nitrogens with one attached hydrogen (secondary N) is 1. The van der Waals surface area contributed by atoms with Gasteiger partial charge in [-0.3, -0.25) is 0 Å². The summed E-state index contributed by atoms with van der Waals surface area (Å²) in [5.74, 6) is 0.909. The van der Waals surface area contributed by atoms with Crippen molar-refractivity contribution in [3.05, 3.63) is 64.1 Å². The largest absolute Gasteiger partial charge is 0.497 e. The summed E-state index contributed by atoms with van der Waals surface area (Å²) in [5.41, 5.74) is 2.69. The molecule has 1 unspecified atom stereocenters. The van der Waals surface area contributed by atoms with Gasteiger partial charge in [0, 0.05) is 10.5 Å². The van der Waals surface area contributed by atoms with Crippen molar-refractivity contribution in [1.82, 2.24) is 5.32 Å². The number of benzene rings is 2. The SMILES string of the molecule is CCNC(Cc1ccc(Br)cc1)Cc1ccc(OC)cc1. The van der Waals surface area contributed by atoms with Crippen molar-refractivity contribution in [2.45, 2.75) is 25.8 Å². The molecule has 0 fully saturated rings. The third-order valence-electron chi connectivity index (χ3n) is 3.53. The summed E-state index contributed by atoms with van der Waals surface area (Å²) >= 11 is 3.48. The van der Waals surface area contributed by atoms with Gasteiger partial charge < -0.3 is 10.1 Å². The summed E-state index contributed by atoms with van der Waals surface area (Å²) in [7, 11) is 1.70. The molecule has 2 aromatic carbocycles. The number of methoxy groups -OCH3 is 1. The second-order valence-electron chi connectivity index (χ2n) is 5.14. The van der Waals surface area contributed by atoms with Crippen LogP contribution < -0.4 is 10.1 Å². The number of rotatable bonds is 7. The first kappa shape index (κ1) is 16.1. The fraction of sp³-hybridized carbons (Fsp3) is 0.333. The molecule has 2 rings (SSSR count). The van der Waals surface area contributed by atoms with Crippen molar-refractivity contribution >= 4 is 15.9 Å². The highest BCUT2D eigenvalue weighted by Crippen LogP contribution is 2.16. The molecule has 0 amide bonds. The highest BCUT2D eigenvalue weighted by molar-refractivity contribution is 9.10. The van der Waals surface area contributed by atoms with Crippen molar-refractivity contribution in [3.8, 4) is 5.75 Å². The van der Waals surface area contributed by atoms with Crippen molar-refractivity contribution in [2.24, 2.45) is 0 Å². The molecule has 3 heteroatoms. The standard InChI is InChI=1S/C18H22BrNO/c1-3-20-17(12-14-4-8-16(19)9-5-14)13-15-6-10-18(21-2)11-7-15/h4-11,17,20H,3,12-13H2,1-2H3. The van der Waals surface area contributed by atoms with Crippen LogP contribution >= 0.6 is 15.9 Å². The summed E-state index contributed by atoms with van der Waals surface area (Å²) in [6.07, 6.45) is 2.06. The van der Waals surface area contributed by atoms with E-state index < -0.39 is 0 Å². The van der Waals surface area contributed by atoms with Crippen LogP contribution in [-0.4, -0.2) is 19.7 Å². The van der Waals surface area contributed by atoms with Crippen LogP contribution in [0.1, 0.15) is 18.1 Å². The van der Waals surface area contributed by atoms with Crippen LogP contribution in [0.2, 0.25) is 0 Å². The van der Waals surface area contributed by atoms with Crippen molar-refractivity contribution < 1.29 is 4.74 Å². The van der Waals surface area contributed by atoms with Gasteiger partial charge in [-0.2, -0.15) is 0 Å². The number of halogens is 1. The molecule has 1 N–H and O–H groups in total. The van der Waals surface area contributed by atoms with Crippen molar-refractivity contribution in [3.63, 3.8) is 0 Å². The quantitative estimate of drug-likeness (QED) is 0.809. The van der Waals surface area contributed by atoms with E-state index in [0.29, 0.717) is 6.04 Å². The van der Waals surface area contributed by atoms with Gasteiger partial charge in [-0.15, -0.1) is 0 Å². The lowest BCUT2D eigenvalue weighted by atomic mass is 9.99. The molecule has 112 valence electrons. The lowest BCUT2D eigenvalue weighted by molar-refractivity contribution is 0.414. The minimum Gasteiger partial charge on any atom is -0.497 e. The molecule has 0 saturated heterocycles. The minimum atomic E-state index is 0.449. The lowest BCUT2D eigenvalue weighted by Gasteiger charge is -2.18. The number of ether oxygens (including phenoxy) is 1. The van der Waals surface area contributed by atoms with E-state index in [-0.39, 0.29) is 0 Å². The molecule has 2 aromatic rings. The first-order valence-electron chi connectivity index (χ1n) is 7.32. The normalized spacial score (nSPS) is 12.1. The molecule has 0 radical (unpaired) electrons. The van der Waals surface area contributed by atoms with E-state index in [0.717, 1.165) is 29.6 Å². The molecule has 0 bridgehead atoms. The van der Waals surface area contributed by atoms with Crippen LogP contribution in [-0.2, 0) is 12.8 Å². The van der Waals surface area contributed by atoms with Crippen LogP contribution in [0.4, 0.5) is 0 Å². The van der Waals surface area contributed by atoms with Crippen LogP contribution in [0.15, 0.2) is 53.0 Å². The number of likely N-dealkylation sites (N-methyl/N-ethyl adjacent to an activating group) is 1. The summed E-state index contributed by atoms with van der Waals surface area (Å²) in [5, 5.41) is 3.58. The predicted octanol–water partition coefficient (Wildman–Crippen LogP) is 4.22. The minimum absolute atomic E-state index is 0.449. The van der Waals surface area contributed by atoms with E-state index in [1.165, 1.54) is 11.1 Å². The predicted molar refractivity (Wildman–Crippen MR) is 92.0 cm³/mol. The topological polar surface area (TPSA) is 21.3 Å². The Balaban J connectivity index is 2.02. The molecular weight excluding hydrogens is 326 g/mol. The average molecular weight is 348 g/mol. The van der Waals surface area contributed by atoms with E-state index in [1.54, 1.807) is 7.11 Å². The Morgan fingerprint density at radius 1 is 0.952 bits per heavy atom. The van der Waals surface area contributed by atoms with Crippen LogP contribution in [0, 0.1) is 0 Å². The van der Waals surface area contributed by atoms with Gasteiger partial charge in [0.05, 0.1) is 7.11 Å². The molecule has 0 aliphatic rings. The van der Waals surface area contributed by atoms with Gasteiger partial charge in [0.15, 0.2) is 0 Å². The van der Waals surface area contributed by atoms with E-state index in [2.05, 4.69) is 64.6 Å². The highest BCUT2D eigenvalue weighted by atomic mass is 79.9. The average Bonchev–Trinajstić information content (AvgIpc) is 2.50. The van der Waals surface area contributed by atoms with E-state index in [4.69, 9.17) is 4.74 Å². The zero-order valence-electron chi connectivity index (χ0n) is 12.6. The van der Waals surface area contributed by atoms with Gasteiger partial charge in [-0.25, -0.2) is 0 Å². The summed E-state index contributed by atoms with van der Waals surface area (Å²) in [6.45, 7) is 3.14. The fourth-order valence-electron chi connectivity index (χ4n) is 2.46. The zero-order chi connectivity index (χ0) is 15.1. The number of hydrogen-bond donors (Lipinski definition) is 1. The highest BCUT2D eigenvalue weighted by Gasteiger charge is 2.09. The molecule has 1 atom stereocenters. The van der Waals surface area contributed by atoms with Crippen LogP contribution in [0.3, 0.4) is 0 Å². The Morgan fingerprint density at radius 2 is 1.48 bits per heavy atom. The van der Waals surface area contributed by atoms with Gasteiger partial charge in [0.2, 0.25) is 0 Å². The smallest absolute Gasteiger partial charge is 0.118 e. The molecule has 2 nitrogen and oxygen atoms in total. The maximum Gasteiger partial charge on any atom is 0.118 e. The molecule has 0 spiro atoms. The Labute approximate surface area is 135 Å². The number of hydrogen-bond acceptors (Lipinski definition) is 2. The molecular formula is C18H22BrNO. The third kappa shape index (κ3) is 5.18. The molecule has 0 aromatic heterocycles. The van der Waals surface area contributed by atoms with Gasteiger partial charge >= 0.3 is 0 Å². The Kier molecular flexibility index (Phi) is 6.27. The molecule has 0 aliphatic carbocycles. The van der Waals surface area contributed by atoms with Gasteiger partial charge in [0.1, 0.15) is 5.75 Å². The third-order valence-corrected chi connectivity index (χ3v) is 4.06. The van der Waals surface area contributed by atoms with Gasteiger partial charge in [0.25, 0.3) is 0 Å². The summed E-state index contributed by atoms with van der Waals surface area (Å²) in [6, 6.07) is 17.4. The van der Waals surface area contributed by atoms with Gasteiger partial charge in [-0.1, -0.05) is 47.1 Å². The molecule has 0 saturated carbocycles. The first-order valence-corrected chi connectivity index (χ1v) is 8.11. The fourth-order valence-corrected chi connectivity index (χ4v) is 2.72. The second kappa shape index (κ2) is 8.20. The van der Waals surface area contributed by atoms with Crippen molar-refractivity contribution in [2.75, 3.05) is 13.7 Å². The van der Waals surface area contributed by atoms with Crippen molar-refractivity contribution in [1.29, 1.82) is 0 Å². The van der Waals surface area contributed by atoms with Crippen LogP contribution in [0.25, 0.3) is 0 Å². The Bertz CT molecular complexity index is 536. The molecule has 0 aliphatic heterocycles. The maximum absolute atomic E-state index is 5.21. The zero-order valence-corrected chi connectivity index (χ0v) is 14.2. The van der Waals surface area contributed by atoms with E-state index in [9.17, 15) is 0 Å². The molecule has 0 heterocycles. The molecule has 21 heavy (non-hydrogen) atoms. The van der Waals surface area contributed by atoms with Crippen LogP contribution in [0.5, 0.6) is 5.75 Å². The van der Waals surface area contributed by atoms with Gasteiger partial charge in [-0.05, 0) is 54.8 Å².